The Morgan fingerprint density at radius 2 is 2.10 bits per heavy atom. The Bertz CT molecular complexity index is 475. The molecule has 21 heavy (non-hydrogen) atoms. The molecule has 2 rings (SSSR count). The van der Waals surface area contributed by atoms with E-state index in [0.717, 1.165) is 37.0 Å². The summed E-state index contributed by atoms with van der Waals surface area (Å²) >= 11 is 0. The van der Waals surface area contributed by atoms with Crippen LogP contribution in [0.5, 0.6) is 5.75 Å². The molecule has 1 aromatic rings. The Morgan fingerprint density at radius 1 is 1.38 bits per heavy atom. The van der Waals surface area contributed by atoms with Crippen molar-refractivity contribution in [3.05, 3.63) is 29.8 Å². The Kier molecular flexibility index (Phi) is 5.23. The second-order valence-electron chi connectivity index (χ2n) is 5.75. The fourth-order valence-corrected chi connectivity index (χ4v) is 2.94. The fraction of sp³-hybridized carbons (Fsp3) is 0.588. The summed E-state index contributed by atoms with van der Waals surface area (Å²) in [6.45, 7) is 5.14. The van der Waals surface area contributed by atoms with E-state index >= 15 is 0 Å². The van der Waals surface area contributed by atoms with Crippen LogP contribution in [-0.4, -0.2) is 19.1 Å². The van der Waals surface area contributed by atoms with Gasteiger partial charge in [0.05, 0.1) is 18.1 Å². The molecule has 1 unspecified atom stereocenters. The van der Waals surface area contributed by atoms with Crippen molar-refractivity contribution in [3.8, 4) is 5.75 Å². The van der Waals surface area contributed by atoms with E-state index in [0.29, 0.717) is 13.2 Å². The lowest BCUT2D eigenvalue weighted by molar-refractivity contribution is -0.131. The minimum atomic E-state index is -0.456. The third-order valence-electron chi connectivity index (χ3n) is 4.72. The number of fused-ring (bicyclic) bond motifs is 1. The third kappa shape index (κ3) is 3.21. The van der Waals surface area contributed by atoms with Crippen molar-refractivity contribution in [1.29, 1.82) is 0 Å². The first-order valence-electron chi connectivity index (χ1n) is 7.89. The Labute approximate surface area is 127 Å². The van der Waals surface area contributed by atoms with Gasteiger partial charge in [0.1, 0.15) is 5.75 Å². The van der Waals surface area contributed by atoms with Crippen LogP contribution in [0.25, 0.3) is 0 Å². The molecule has 0 bridgehead atoms. The number of rotatable bonds is 5. The highest BCUT2D eigenvalue weighted by molar-refractivity contribution is 5.83. The first kappa shape index (κ1) is 15.8. The van der Waals surface area contributed by atoms with Crippen molar-refractivity contribution in [1.82, 2.24) is 5.32 Å². The number of nitrogens with one attached hydrogen (secondary N) is 1. The van der Waals surface area contributed by atoms with Crippen LogP contribution < -0.4 is 15.8 Å². The molecule has 1 amide bonds. The number of benzene rings is 1. The second-order valence-corrected chi connectivity index (χ2v) is 5.75. The molecule has 0 saturated carbocycles. The molecule has 0 spiro atoms. The first-order chi connectivity index (χ1) is 10.2. The van der Waals surface area contributed by atoms with E-state index in [-0.39, 0.29) is 11.9 Å². The summed E-state index contributed by atoms with van der Waals surface area (Å²) in [6.07, 6.45) is 3.36. The molecule has 1 heterocycles. The number of ether oxygens (including phenoxy) is 1. The summed E-state index contributed by atoms with van der Waals surface area (Å²) in [7, 11) is 0. The van der Waals surface area contributed by atoms with E-state index in [2.05, 4.69) is 5.32 Å². The van der Waals surface area contributed by atoms with E-state index < -0.39 is 5.41 Å². The summed E-state index contributed by atoms with van der Waals surface area (Å²) in [4.78, 5) is 12.7. The summed E-state index contributed by atoms with van der Waals surface area (Å²) in [5.74, 6) is 0.948. The van der Waals surface area contributed by atoms with Crippen molar-refractivity contribution in [2.45, 2.75) is 45.6 Å². The van der Waals surface area contributed by atoms with Crippen molar-refractivity contribution < 1.29 is 9.53 Å². The highest BCUT2D eigenvalue weighted by Gasteiger charge is 2.35. The monoisotopic (exact) mass is 290 g/mol. The Morgan fingerprint density at radius 3 is 2.76 bits per heavy atom. The molecule has 116 valence electrons. The van der Waals surface area contributed by atoms with Gasteiger partial charge < -0.3 is 15.8 Å². The number of carbonyl (C=O) groups is 1. The molecule has 4 heteroatoms. The lowest BCUT2D eigenvalue weighted by Gasteiger charge is -2.31. The standard InChI is InChI=1S/C17H26N2O2/c1-3-17(4-2,12-18)16(20)19-14-9-7-11-21-15-10-6-5-8-13(14)15/h5-6,8,10,14H,3-4,7,9,11-12,18H2,1-2H3,(H,19,20). The van der Waals surface area contributed by atoms with Crippen LogP contribution in [0.4, 0.5) is 0 Å². The smallest absolute Gasteiger partial charge is 0.227 e. The minimum Gasteiger partial charge on any atom is -0.493 e. The topological polar surface area (TPSA) is 64.4 Å². The zero-order valence-electron chi connectivity index (χ0n) is 13.0. The lowest BCUT2D eigenvalue weighted by atomic mass is 9.81. The summed E-state index contributed by atoms with van der Waals surface area (Å²) in [5, 5.41) is 3.21. The molecular weight excluding hydrogens is 264 g/mol. The molecule has 0 radical (unpaired) electrons. The van der Waals surface area contributed by atoms with Gasteiger partial charge in [0.2, 0.25) is 5.91 Å². The molecule has 1 atom stereocenters. The predicted molar refractivity (Wildman–Crippen MR) is 84.1 cm³/mol. The van der Waals surface area contributed by atoms with Gasteiger partial charge in [0.15, 0.2) is 0 Å². The van der Waals surface area contributed by atoms with Crippen LogP contribution in [-0.2, 0) is 4.79 Å². The summed E-state index contributed by atoms with van der Waals surface area (Å²) in [6, 6.07) is 7.97. The van der Waals surface area contributed by atoms with E-state index in [4.69, 9.17) is 10.5 Å². The number of hydrogen-bond acceptors (Lipinski definition) is 3. The van der Waals surface area contributed by atoms with E-state index in [9.17, 15) is 4.79 Å². The quantitative estimate of drug-likeness (QED) is 0.876. The molecular formula is C17H26N2O2. The minimum absolute atomic E-state index is 0.0141. The molecule has 1 aromatic carbocycles. The van der Waals surface area contributed by atoms with Gasteiger partial charge >= 0.3 is 0 Å². The fourth-order valence-electron chi connectivity index (χ4n) is 2.94. The predicted octanol–water partition coefficient (Wildman–Crippen LogP) is 2.78. The third-order valence-corrected chi connectivity index (χ3v) is 4.72. The van der Waals surface area contributed by atoms with Gasteiger partial charge in [0, 0.05) is 12.1 Å². The Balaban J connectivity index is 2.21. The number of amides is 1. The number of para-hydroxylation sites is 1. The number of hydrogen-bond donors (Lipinski definition) is 2. The number of carbonyl (C=O) groups excluding carboxylic acids is 1. The van der Waals surface area contributed by atoms with Crippen LogP contribution in [0, 0.1) is 5.41 Å². The van der Waals surface area contributed by atoms with Crippen LogP contribution in [0.2, 0.25) is 0 Å². The molecule has 0 fully saturated rings. The molecule has 1 aliphatic heterocycles. The maximum atomic E-state index is 12.7. The van der Waals surface area contributed by atoms with Gasteiger partial charge in [-0.1, -0.05) is 32.0 Å². The van der Waals surface area contributed by atoms with Crippen molar-refractivity contribution in [2.24, 2.45) is 11.1 Å². The SMILES string of the molecule is CCC(CC)(CN)C(=O)NC1CCCOc2ccccc21. The van der Waals surface area contributed by atoms with Gasteiger partial charge in [-0.3, -0.25) is 4.79 Å². The summed E-state index contributed by atoms with van der Waals surface area (Å²) < 4.78 is 5.75. The van der Waals surface area contributed by atoms with Gasteiger partial charge in [-0.2, -0.15) is 0 Å². The maximum absolute atomic E-state index is 12.7. The molecule has 1 aliphatic rings. The van der Waals surface area contributed by atoms with Gasteiger partial charge in [-0.25, -0.2) is 0 Å². The maximum Gasteiger partial charge on any atom is 0.227 e. The van der Waals surface area contributed by atoms with E-state index in [1.54, 1.807) is 0 Å². The normalized spacial score (nSPS) is 18.3. The average Bonchev–Trinajstić information content (AvgIpc) is 2.72. The largest absolute Gasteiger partial charge is 0.493 e. The van der Waals surface area contributed by atoms with Crippen LogP contribution in [0.15, 0.2) is 24.3 Å². The highest BCUT2D eigenvalue weighted by atomic mass is 16.5. The van der Waals surface area contributed by atoms with Gasteiger partial charge in [-0.15, -0.1) is 0 Å². The van der Waals surface area contributed by atoms with Gasteiger partial charge in [0.25, 0.3) is 0 Å². The van der Waals surface area contributed by atoms with E-state index in [1.165, 1.54) is 0 Å². The van der Waals surface area contributed by atoms with Crippen molar-refractivity contribution in [2.75, 3.05) is 13.2 Å². The van der Waals surface area contributed by atoms with Crippen molar-refractivity contribution in [3.63, 3.8) is 0 Å². The van der Waals surface area contributed by atoms with Crippen molar-refractivity contribution >= 4 is 5.91 Å². The molecule has 3 N–H and O–H groups in total. The summed E-state index contributed by atoms with van der Waals surface area (Å²) in [5.41, 5.74) is 6.49. The van der Waals surface area contributed by atoms with Gasteiger partial charge in [-0.05, 0) is 31.7 Å². The average molecular weight is 290 g/mol. The van der Waals surface area contributed by atoms with Crippen LogP contribution in [0.1, 0.15) is 51.1 Å². The van der Waals surface area contributed by atoms with E-state index in [1.807, 2.05) is 38.1 Å². The number of nitrogens with two attached hydrogens (primary N) is 1. The van der Waals surface area contributed by atoms with Crippen LogP contribution >= 0.6 is 0 Å². The zero-order valence-corrected chi connectivity index (χ0v) is 13.0. The molecule has 0 aliphatic carbocycles. The second kappa shape index (κ2) is 6.94. The van der Waals surface area contributed by atoms with Crippen LogP contribution in [0.3, 0.4) is 0 Å². The molecule has 0 aromatic heterocycles. The molecule has 0 saturated heterocycles. The zero-order chi connectivity index (χ0) is 15.3. The highest BCUT2D eigenvalue weighted by Crippen LogP contribution is 2.33. The first-order valence-corrected chi connectivity index (χ1v) is 7.89. The molecule has 4 nitrogen and oxygen atoms in total. The Hall–Kier alpha value is -1.55. The lowest BCUT2D eigenvalue weighted by Crippen LogP contribution is -2.46.